The summed E-state index contributed by atoms with van der Waals surface area (Å²) in [6.45, 7) is 2.09. The Kier molecular flexibility index (Phi) is 5.92. The van der Waals surface area contributed by atoms with Gasteiger partial charge in [0.2, 0.25) is 10.0 Å². The van der Waals surface area contributed by atoms with Gasteiger partial charge in [-0.25, -0.2) is 27.5 Å². The van der Waals surface area contributed by atoms with Gasteiger partial charge in [0.15, 0.2) is 0 Å². The van der Waals surface area contributed by atoms with Crippen LogP contribution in [-0.2, 0) is 23.1 Å². The zero-order chi connectivity index (χ0) is 21.8. The van der Waals surface area contributed by atoms with E-state index in [1.54, 1.807) is 36.4 Å². The number of hydrogen-bond donors (Lipinski definition) is 2. The monoisotopic (exact) mass is 436 g/mol. The summed E-state index contributed by atoms with van der Waals surface area (Å²) in [6, 6.07) is 20.3. The van der Waals surface area contributed by atoms with Crippen LogP contribution < -0.4 is 10.0 Å². The second kappa shape index (κ2) is 8.79. The summed E-state index contributed by atoms with van der Waals surface area (Å²) < 4.78 is 41.6. The predicted molar refractivity (Wildman–Crippen MR) is 118 cm³/mol. The molecule has 6 nitrogen and oxygen atoms in total. The molecule has 31 heavy (non-hydrogen) atoms. The summed E-state index contributed by atoms with van der Waals surface area (Å²) in [5, 5.41) is 3.96. The molecule has 0 saturated heterocycles. The Hall–Kier alpha value is -3.36. The van der Waals surface area contributed by atoms with Gasteiger partial charge in [0.1, 0.15) is 17.5 Å². The van der Waals surface area contributed by atoms with Crippen LogP contribution in [0.3, 0.4) is 0 Å². The van der Waals surface area contributed by atoms with Crippen LogP contribution in [0.1, 0.15) is 17.0 Å². The van der Waals surface area contributed by atoms with Crippen molar-refractivity contribution in [2.24, 2.45) is 0 Å². The van der Waals surface area contributed by atoms with E-state index < -0.39 is 10.0 Å². The van der Waals surface area contributed by atoms with E-state index in [0.717, 1.165) is 10.9 Å². The molecule has 0 aliphatic carbocycles. The fourth-order valence-electron chi connectivity index (χ4n) is 3.22. The number of para-hydroxylation sites is 1. The van der Waals surface area contributed by atoms with Crippen molar-refractivity contribution in [3.8, 4) is 0 Å². The first-order chi connectivity index (χ1) is 14.9. The molecular formula is C23H21FN4O2S. The third-order valence-corrected chi connectivity index (χ3v) is 6.27. The largest absolute Gasteiger partial charge is 0.365 e. The van der Waals surface area contributed by atoms with E-state index >= 15 is 0 Å². The summed E-state index contributed by atoms with van der Waals surface area (Å²) in [5.74, 6) is 0.531. The Morgan fingerprint density at radius 1 is 0.871 bits per heavy atom. The number of rotatable bonds is 7. The average molecular weight is 437 g/mol. The lowest BCUT2D eigenvalue weighted by Crippen LogP contribution is -2.24. The van der Waals surface area contributed by atoms with Crippen LogP contribution in [0.5, 0.6) is 0 Å². The van der Waals surface area contributed by atoms with Crippen molar-refractivity contribution in [1.29, 1.82) is 0 Å². The van der Waals surface area contributed by atoms with E-state index in [1.165, 1.54) is 18.2 Å². The first-order valence-electron chi connectivity index (χ1n) is 9.72. The molecule has 2 N–H and O–H groups in total. The van der Waals surface area contributed by atoms with E-state index in [4.69, 9.17) is 0 Å². The van der Waals surface area contributed by atoms with Gasteiger partial charge in [0, 0.05) is 17.5 Å². The maximum Gasteiger partial charge on any atom is 0.240 e. The third-order valence-electron chi connectivity index (χ3n) is 4.85. The molecule has 0 radical (unpaired) electrons. The molecule has 0 aliphatic heterocycles. The Labute approximate surface area is 180 Å². The fourth-order valence-corrected chi connectivity index (χ4v) is 4.22. The van der Waals surface area contributed by atoms with E-state index in [1.807, 2.05) is 25.1 Å². The van der Waals surface area contributed by atoms with Gasteiger partial charge in [-0.3, -0.25) is 0 Å². The number of hydrogen-bond acceptors (Lipinski definition) is 5. The average Bonchev–Trinajstić information content (AvgIpc) is 2.78. The number of nitrogens with zero attached hydrogens (tertiary/aromatic N) is 2. The van der Waals surface area contributed by atoms with Crippen molar-refractivity contribution in [3.05, 3.63) is 95.6 Å². The van der Waals surface area contributed by atoms with Gasteiger partial charge < -0.3 is 5.32 Å². The number of anilines is 1. The summed E-state index contributed by atoms with van der Waals surface area (Å²) >= 11 is 0. The molecule has 3 aromatic carbocycles. The van der Waals surface area contributed by atoms with Crippen molar-refractivity contribution in [1.82, 2.24) is 14.7 Å². The Morgan fingerprint density at radius 3 is 2.39 bits per heavy atom. The highest BCUT2D eigenvalue weighted by Gasteiger charge is 2.16. The minimum atomic E-state index is -3.70. The molecule has 1 aromatic heterocycles. The number of benzene rings is 3. The van der Waals surface area contributed by atoms with Crippen molar-refractivity contribution in [2.75, 3.05) is 5.32 Å². The molecule has 158 valence electrons. The standard InChI is InChI=1S/C23H21FN4O2S/c1-16-8-7-12-19-22(16)27-21(15-26-31(29,30)18-10-3-2-4-11-18)28-23(19)25-14-17-9-5-6-13-20(17)24/h2-13,26H,14-15H2,1H3,(H,25,27,28). The van der Waals surface area contributed by atoms with Crippen LogP contribution in [0.15, 0.2) is 77.7 Å². The molecule has 4 rings (SSSR count). The summed E-state index contributed by atoms with van der Waals surface area (Å²) in [6.07, 6.45) is 0. The molecule has 0 bridgehead atoms. The third kappa shape index (κ3) is 4.70. The molecular weight excluding hydrogens is 415 g/mol. The number of fused-ring (bicyclic) bond motifs is 1. The van der Waals surface area contributed by atoms with E-state index in [0.29, 0.717) is 22.7 Å². The van der Waals surface area contributed by atoms with Crippen molar-refractivity contribution < 1.29 is 12.8 Å². The molecule has 0 aliphatic rings. The number of aryl methyl sites for hydroxylation is 1. The smallest absolute Gasteiger partial charge is 0.240 e. The molecule has 0 saturated carbocycles. The second-order valence-electron chi connectivity index (χ2n) is 7.04. The van der Waals surface area contributed by atoms with E-state index in [2.05, 4.69) is 20.0 Å². The van der Waals surface area contributed by atoms with Crippen LogP contribution in [-0.4, -0.2) is 18.4 Å². The zero-order valence-corrected chi connectivity index (χ0v) is 17.7. The zero-order valence-electron chi connectivity index (χ0n) is 16.8. The van der Waals surface area contributed by atoms with Crippen LogP contribution in [0.4, 0.5) is 10.2 Å². The second-order valence-corrected chi connectivity index (χ2v) is 8.81. The van der Waals surface area contributed by atoms with E-state index in [9.17, 15) is 12.8 Å². The van der Waals surface area contributed by atoms with Crippen LogP contribution in [0.2, 0.25) is 0 Å². The van der Waals surface area contributed by atoms with Gasteiger partial charge in [-0.2, -0.15) is 0 Å². The van der Waals surface area contributed by atoms with Crippen molar-refractivity contribution in [3.63, 3.8) is 0 Å². The van der Waals surface area contributed by atoms with Crippen molar-refractivity contribution in [2.45, 2.75) is 24.9 Å². The molecule has 1 heterocycles. The quantitative estimate of drug-likeness (QED) is 0.454. The number of sulfonamides is 1. The first-order valence-corrected chi connectivity index (χ1v) is 11.2. The van der Waals surface area contributed by atoms with Gasteiger partial charge in [0.05, 0.1) is 17.0 Å². The van der Waals surface area contributed by atoms with Gasteiger partial charge in [-0.1, -0.05) is 48.5 Å². The Morgan fingerprint density at radius 2 is 1.61 bits per heavy atom. The molecule has 4 aromatic rings. The number of halogens is 1. The molecule has 0 amide bonds. The number of aromatic nitrogens is 2. The first kappa shape index (κ1) is 20.9. The fraction of sp³-hybridized carbons (Fsp3) is 0.130. The molecule has 0 atom stereocenters. The maximum absolute atomic E-state index is 14.0. The SMILES string of the molecule is Cc1cccc2c(NCc3ccccc3F)nc(CNS(=O)(=O)c3ccccc3)nc12. The topological polar surface area (TPSA) is 84.0 Å². The Balaban J connectivity index is 1.63. The summed E-state index contributed by atoms with van der Waals surface area (Å²) in [5.41, 5.74) is 2.15. The highest BCUT2D eigenvalue weighted by atomic mass is 32.2. The minimum Gasteiger partial charge on any atom is -0.365 e. The normalized spacial score (nSPS) is 11.5. The van der Waals surface area contributed by atoms with Gasteiger partial charge in [-0.15, -0.1) is 0 Å². The van der Waals surface area contributed by atoms with Crippen molar-refractivity contribution >= 4 is 26.7 Å². The predicted octanol–water partition coefficient (Wildman–Crippen LogP) is 4.17. The minimum absolute atomic E-state index is 0.0735. The molecule has 0 unspecified atom stereocenters. The lowest BCUT2D eigenvalue weighted by atomic mass is 10.1. The summed E-state index contributed by atoms with van der Waals surface area (Å²) in [4.78, 5) is 9.24. The van der Waals surface area contributed by atoms with Crippen LogP contribution >= 0.6 is 0 Å². The van der Waals surface area contributed by atoms with Crippen LogP contribution in [0, 0.1) is 12.7 Å². The molecule has 0 spiro atoms. The highest BCUT2D eigenvalue weighted by molar-refractivity contribution is 7.89. The lowest BCUT2D eigenvalue weighted by Gasteiger charge is -2.13. The maximum atomic E-state index is 14.0. The lowest BCUT2D eigenvalue weighted by molar-refractivity contribution is 0.579. The highest BCUT2D eigenvalue weighted by Crippen LogP contribution is 2.24. The summed E-state index contributed by atoms with van der Waals surface area (Å²) in [7, 11) is -3.70. The van der Waals surface area contributed by atoms with Crippen LogP contribution in [0.25, 0.3) is 10.9 Å². The molecule has 0 fully saturated rings. The van der Waals surface area contributed by atoms with E-state index in [-0.39, 0.29) is 23.8 Å². The molecule has 8 heteroatoms. The van der Waals surface area contributed by atoms with Gasteiger partial charge in [0.25, 0.3) is 0 Å². The van der Waals surface area contributed by atoms with Gasteiger partial charge in [-0.05, 0) is 36.8 Å². The Bertz CT molecular complexity index is 1330. The van der Waals surface area contributed by atoms with Gasteiger partial charge >= 0.3 is 0 Å². The number of nitrogens with one attached hydrogen (secondary N) is 2.